The van der Waals surface area contributed by atoms with E-state index in [1.807, 2.05) is 0 Å². The molecule has 0 heterocycles. The molecular weight excluding hydrogens is 615 g/mol. The first-order valence-corrected chi connectivity index (χ1v) is 19.8. The van der Waals surface area contributed by atoms with Crippen molar-refractivity contribution in [3.05, 3.63) is 48.6 Å². The quantitative estimate of drug-likeness (QED) is 0.0315. The predicted molar refractivity (Wildman–Crippen MR) is 193 cm³/mol. The van der Waals surface area contributed by atoms with Gasteiger partial charge in [0.05, 0.1) is 6.61 Å². The molecule has 0 amide bonds. The second-order valence-electron chi connectivity index (χ2n) is 12.0. The monoisotopic (exact) mass is 682 g/mol. The van der Waals surface area contributed by atoms with Gasteiger partial charge in [0.2, 0.25) is 0 Å². The van der Waals surface area contributed by atoms with E-state index >= 15 is 0 Å². The number of hydrogen-bond acceptors (Lipinski definition) is 7. The Bertz CT molecular complexity index is 911. The minimum absolute atomic E-state index is 0.224. The molecule has 0 aliphatic rings. The molecule has 0 aliphatic carbocycles. The summed E-state index contributed by atoms with van der Waals surface area (Å²) in [4.78, 5) is 34.3. The summed E-state index contributed by atoms with van der Waals surface area (Å²) in [5.74, 6) is -0.841. The Balaban J connectivity index is 4.11. The normalized spacial score (nSPS) is 14.0. The number of hydrogen-bond donors (Lipinski definition) is 1. The minimum Gasteiger partial charge on any atom is -0.462 e. The van der Waals surface area contributed by atoms with Gasteiger partial charge < -0.3 is 14.4 Å². The molecule has 272 valence electrons. The number of phosphoric ester groups is 1. The second-order valence-corrected chi connectivity index (χ2v) is 13.6. The van der Waals surface area contributed by atoms with Crippen molar-refractivity contribution in [1.29, 1.82) is 0 Å². The van der Waals surface area contributed by atoms with Gasteiger partial charge in [0, 0.05) is 20.0 Å². The van der Waals surface area contributed by atoms with Crippen LogP contribution in [0.1, 0.15) is 155 Å². The fraction of sp³-hybridized carbons (Fsp3) is 0.737. The first kappa shape index (κ1) is 45.0. The van der Waals surface area contributed by atoms with E-state index in [-0.39, 0.29) is 19.4 Å². The molecule has 1 unspecified atom stereocenters. The first-order valence-electron chi connectivity index (χ1n) is 18.3. The van der Waals surface area contributed by atoms with E-state index in [4.69, 9.17) is 14.0 Å². The number of allylic oxidation sites excluding steroid dienone is 8. The Morgan fingerprint density at radius 2 is 1.11 bits per heavy atom. The number of unbranched alkanes of at least 4 members (excludes halogenated alkanes) is 15. The first-order chi connectivity index (χ1) is 22.8. The smallest absolute Gasteiger partial charge is 0.462 e. The van der Waals surface area contributed by atoms with Crippen LogP contribution in [0.15, 0.2) is 48.6 Å². The molecule has 0 rings (SSSR count). The molecule has 9 heteroatoms. The molecular formula is C38H67O8P. The Hall–Kier alpha value is -1.99. The van der Waals surface area contributed by atoms with E-state index in [9.17, 15) is 19.0 Å². The van der Waals surface area contributed by atoms with E-state index < -0.39 is 32.5 Å². The molecule has 0 fully saturated rings. The lowest BCUT2D eigenvalue weighted by Gasteiger charge is -2.19. The van der Waals surface area contributed by atoms with Gasteiger partial charge >= 0.3 is 19.8 Å². The summed E-state index contributed by atoms with van der Waals surface area (Å²) in [6, 6.07) is 0. The summed E-state index contributed by atoms with van der Waals surface area (Å²) in [5.41, 5.74) is 0. The van der Waals surface area contributed by atoms with Crippen LogP contribution < -0.4 is 0 Å². The van der Waals surface area contributed by atoms with Gasteiger partial charge in [-0.1, -0.05) is 107 Å². The number of carbonyl (C=O) groups is 2. The average Bonchev–Trinajstić information content (AvgIpc) is 3.06. The van der Waals surface area contributed by atoms with Crippen LogP contribution in [-0.2, 0) is 32.7 Å². The zero-order valence-electron chi connectivity index (χ0n) is 29.9. The van der Waals surface area contributed by atoms with E-state index in [0.29, 0.717) is 6.42 Å². The topological polar surface area (TPSA) is 108 Å². The van der Waals surface area contributed by atoms with Crippen molar-refractivity contribution in [3.8, 4) is 0 Å². The van der Waals surface area contributed by atoms with Gasteiger partial charge in [-0.2, -0.15) is 0 Å². The molecule has 1 N–H and O–H groups in total. The minimum atomic E-state index is -4.26. The number of phosphoric acid groups is 1. The standard InChI is InChI=1S/C38H67O8P/c1-4-6-8-10-12-14-16-18-19-21-22-24-26-28-30-32-37(39)44-34-36(35-45-47(41,42)43-3)46-38(40)33-31-29-27-25-23-20-17-15-13-11-9-7-5-2/h4,6,9,11,15,17,19,21,36H,5,7-8,10,12-14,16,18,20,22-35H2,1-3H3,(H,41,42)/b6-4+,11-9-,17-15-,21-19-/t36-/m1/s1. The Kier molecular flexibility index (Phi) is 32.5. The van der Waals surface area contributed by atoms with Crippen molar-refractivity contribution >= 4 is 19.8 Å². The summed E-state index contributed by atoms with van der Waals surface area (Å²) >= 11 is 0. The molecule has 0 radical (unpaired) electrons. The van der Waals surface area contributed by atoms with Gasteiger partial charge in [-0.05, 0) is 84.0 Å². The highest BCUT2D eigenvalue weighted by molar-refractivity contribution is 7.47. The van der Waals surface area contributed by atoms with Crippen molar-refractivity contribution < 1.29 is 37.6 Å². The molecule has 0 aromatic rings. The fourth-order valence-corrected chi connectivity index (χ4v) is 5.21. The maximum absolute atomic E-state index is 12.4. The van der Waals surface area contributed by atoms with Gasteiger partial charge in [-0.25, -0.2) is 4.57 Å². The van der Waals surface area contributed by atoms with Gasteiger partial charge in [0.15, 0.2) is 6.10 Å². The lowest BCUT2D eigenvalue weighted by atomic mass is 10.1. The van der Waals surface area contributed by atoms with Gasteiger partial charge in [0.1, 0.15) is 6.61 Å². The van der Waals surface area contributed by atoms with Gasteiger partial charge in [0.25, 0.3) is 0 Å². The summed E-state index contributed by atoms with van der Waals surface area (Å²) in [6.07, 6.45) is 38.9. The Morgan fingerprint density at radius 3 is 1.64 bits per heavy atom. The van der Waals surface area contributed by atoms with Crippen molar-refractivity contribution in [1.82, 2.24) is 0 Å². The van der Waals surface area contributed by atoms with Crippen LogP contribution in [0.25, 0.3) is 0 Å². The molecule has 8 nitrogen and oxygen atoms in total. The number of carbonyl (C=O) groups excluding carboxylic acids is 2. The Labute approximate surface area is 287 Å². The average molecular weight is 683 g/mol. The molecule has 0 saturated carbocycles. The molecule has 0 aromatic carbocycles. The second kappa shape index (κ2) is 33.9. The maximum atomic E-state index is 12.4. The van der Waals surface area contributed by atoms with Crippen LogP contribution in [0, 0.1) is 0 Å². The van der Waals surface area contributed by atoms with E-state index in [1.165, 1.54) is 38.5 Å². The van der Waals surface area contributed by atoms with Crippen molar-refractivity contribution in [2.24, 2.45) is 0 Å². The lowest BCUT2D eigenvalue weighted by Crippen LogP contribution is -2.29. The highest BCUT2D eigenvalue weighted by Crippen LogP contribution is 2.42. The van der Waals surface area contributed by atoms with Crippen molar-refractivity contribution in [2.45, 2.75) is 161 Å². The molecule has 2 atom stereocenters. The van der Waals surface area contributed by atoms with Crippen LogP contribution in [0.3, 0.4) is 0 Å². The fourth-order valence-electron chi connectivity index (χ4n) is 4.75. The summed E-state index contributed by atoms with van der Waals surface area (Å²) < 4.78 is 31.8. The molecule has 0 bridgehead atoms. The van der Waals surface area contributed by atoms with Crippen molar-refractivity contribution in [3.63, 3.8) is 0 Å². The predicted octanol–water partition coefficient (Wildman–Crippen LogP) is 11.1. The van der Waals surface area contributed by atoms with E-state index in [2.05, 4.69) is 67.0 Å². The largest absolute Gasteiger partial charge is 0.472 e. The van der Waals surface area contributed by atoms with E-state index in [0.717, 1.165) is 90.6 Å². The van der Waals surface area contributed by atoms with Crippen LogP contribution in [-0.4, -0.2) is 43.3 Å². The molecule has 0 aliphatic heterocycles. The van der Waals surface area contributed by atoms with E-state index in [1.54, 1.807) is 0 Å². The molecule has 47 heavy (non-hydrogen) atoms. The number of esters is 2. The van der Waals surface area contributed by atoms with Crippen molar-refractivity contribution in [2.75, 3.05) is 20.3 Å². The molecule has 0 aromatic heterocycles. The lowest BCUT2D eigenvalue weighted by molar-refractivity contribution is -0.161. The summed E-state index contributed by atoms with van der Waals surface area (Å²) in [5, 5.41) is 0. The zero-order chi connectivity index (χ0) is 34.7. The number of ether oxygens (including phenoxy) is 2. The molecule has 0 spiro atoms. The third kappa shape index (κ3) is 33.7. The zero-order valence-corrected chi connectivity index (χ0v) is 30.8. The third-order valence-electron chi connectivity index (χ3n) is 7.59. The highest BCUT2D eigenvalue weighted by atomic mass is 31.2. The van der Waals surface area contributed by atoms with Crippen LogP contribution >= 0.6 is 7.82 Å². The third-order valence-corrected chi connectivity index (χ3v) is 8.53. The molecule has 0 saturated heterocycles. The summed E-state index contributed by atoms with van der Waals surface area (Å²) in [7, 11) is -3.21. The van der Waals surface area contributed by atoms with Gasteiger partial charge in [-0.3, -0.25) is 18.6 Å². The highest BCUT2D eigenvalue weighted by Gasteiger charge is 2.24. The van der Waals surface area contributed by atoms with Crippen LogP contribution in [0.4, 0.5) is 0 Å². The van der Waals surface area contributed by atoms with Crippen LogP contribution in [0.5, 0.6) is 0 Å². The number of rotatable bonds is 33. The summed E-state index contributed by atoms with van der Waals surface area (Å²) in [6.45, 7) is 3.60. The SMILES string of the molecule is C/C=C/CCCCCC/C=C\CCCCCCC(=O)OC[C@H](COP(=O)(O)OC)OC(=O)CCCCCCC/C=C\C/C=C\CCC. The van der Waals surface area contributed by atoms with Crippen LogP contribution in [0.2, 0.25) is 0 Å². The Morgan fingerprint density at radius 1 is 0.638 bits per heavy atom. The van der Waals surface area contributed by atoms with Gasteiger partial charge in [-0.15, -0.1) is 0 Å². The maximum Gasteiger partial charge on any atom is 0.472 e.